The van der Waals surface area contributed by atoms with Gasteiger partial charge in [0.25, 0.3) is 0 Å². The molecular weight excluding hydrogens is 757 g/mol. The van der Waals surface area contributed by atoms with E-state index >= 15 is 0 Å². The number of aliphatic hydroxyl groups is 1. The van der Waals surface area contributed by atoms with Crippen molar-refractivity contribution < 1.29 is 38.1 Å². The molecule has 1 aliphatic carbocycles. The zero-order valence-corrected chi connectivity index (χ0v) is 34.9. The molecule has 2 bridgehead atoms. The van der Waals surface area contributed by atoms with Gasteiger partial charge in [0.1, 0.15) is 23.7 Å². The van der Waals surface area contributed by atoms with Crippen molar-refractivity contribution in [2.75, 3.05) is 13.4 Å². The quantitative estimate of drug-likeness (QED) is 0.0563. The molecule has 0 amide bonds. The van der Waals surface area contributed by atoms with E-state index in [4.69, 9.17) is 28.5 Å². The van der Waals surface area contributed by atoms with Gasteiger partial charge >= 0.3 is 17.6 Å². The first kappa shape index (κ1) is 41.2. The van der Waals surface area contributed by atoms with Crippen LogP contribution in [0.3, 0.4) is 0 Å². The molecule has 9 heteroatoms. The highest BCUT2D eigenvalue weighted by atomic mass is 16.6. The van der Waals surface area contributed by atoms with Gasteiger partial charge in [-0.05, 0) is 130 Å². The van der Waals surface area contributed by atoms with E-state index in [9.17, 15) is 14.4 Å². The summed E-state index contributed by atoms with van der Waals surface area (Å²) in [6.07, 6.45) is 2.82. The van der Waals surface area contributed by atoms with E-state index in [-0.39, 0.29) is 42.8 Å². The topological polar surface area (TPSA) is 122 Å². The number of rotatable bonds is 7. The molecule has 0 radical (unpaired) electrons. The molecule has 4 heterocycles. The summed E-state index contributed by atoms with van der Waals surface area (Å²) in [4.78, 5) is 42.3. The summed E-state index contributed by atoms with van der Waals surface area (Å²) in [7, 11) is 0. The summed E-state index contributed by atoms with van der Waals surface area (Å²) in [5.74, 6) is -0.208. The van der Waals surface area contributed by atoms with Crippen molar-refractivity contribution in [3.8, 4) is 5.75 Å². The van der Waals surface area contributed by atoms with Crippen LogP contribution in [0, 0.1) is 5.92 Å². The van der Waals surface area contributed by atoms with E-state index in [1.807, 2.05) is 33.8 Å². The number of allylic oxidation sites excluding steroid dienone is 1. The van der Waals surface area contributed by atoms with E-state index in [2.05, 4.69) is 72.8 Å². The van der Waals surface area contributed by atoms with Crippen molar-refractivity contribution >= 4 is 22.9 Å². The zero-order valence-electron chi connectivity index (χ0n) is 34.9. The van der Waals surface area contributed by atoms with E-state index in [0.29, 0.717) is 40.7 Å². The minimum atomic E-state index is -1.15. The lowest BCUT2D eigenvalue weighted by Gasteiger charge is -2.43. The van der Waals surface area contributed by atoms with Crippen LogP contribution in [0.1, 0.15) is 117 Å². The number of carbonyl (C=O) groups excluding carboxylic acids is 2. The normalized spacial score (nSPS) is 22.8. The Bertz CT molecular complexity index is 2440. The Morgan fingerprint density at radius 1 is 0.833 bits per heavy atom. The Morgan fingerprint density at radius 3 is 2.38 bits per heavy atom. The molecule has 312 valence electrons. The Labute approximate surface area is 351 Å². The molecule has 3 aliphatic heterocycles. The van der Waals surface area contributed by atoms with Crippen LogP contribution in [0.5, 0.6) is 5.75 Å². The van der Waals surface area contributed by atoms with Crippen LogP contribution in [0.15, 0.2) is 117 Å². The lowest BCUT2D eigenvalue weighted by molar-refractivity contribution is -0.188. The second-order valence-corrected chi connectivity index (χ2v) is 17.4. The first-order valence-corrected chi connectivity index (χ1v) is 21.2. The first-order valence-electron chi connectivity index (χ1n) is 21.2. The number of aryl methyl sites for hydroxylation is 1. The maximum Gasteiger partial charge on any atom is 0.339 e. The standard InChI is InChI=1S/C51H54O9/c1-31(2)41-20-15-32-13-16-35(17-14-32)42-21-18-37(36-12-8-11-34(26-36)25-33-9-6-5-7-10-33)27-40(42)29-44(53)57-47-45-43(60-51(3,4)48(47)59-50(41)55)22-19-38-28-39(23-24-56-30-52)49(54)58-46(38)45/h5-14,16-17,19,22,26,28,37,40,42,47-48,52H,15,18,20-21,23-25,27,29-30H2,1-4H3. The highest BCUT2D eigenvalue weighted by Gasteiger charge is 2.51. The van der Waals surface area contributed by atoms with Gasteiger partial charge in [-0.15, -0.1) is 0 Å². The zero-order chi connectivity index (χ0) is 42.0. The average Bonchev–Trinajstić information content (AvgIpc) is 3.22. The monoisotopic (exact) mass is 810 g/mol. The summed E-state index contributed by atoms with van der Waals surface area (Å²) in [6, 6.07) is 33.3. The van der Waals surface area contributed by atoms with Gasteiger partial charge in [-0.25, -0.2) is 9.59 Å². The molecule has 1 N–H and O–H groups in total. The van der Waals surface area contributed by atoms with Crippen molar-refractivity contribution in [3.63, 3.8) is 0 Å². The molecule has 4 aliphatic rings. The fourth-order valence-corrected chi connectivity index (χ4v) is 9.56. The lowest BCUT2D eigenvalue weighted by atomic mass is 9.68. The molecule has 0 spiro atoms. The molecular formula is C51H54O9. The van der Waals surface area contributed by atoms with Gasteiger partial charge in [0.15, 0.2) is 12.2 Å². The number of hydrogen-bond acceptors (Lipinski definition) is 9. The van der Waals surface area contributed by atoms with E-state index < -0.39 is 42.2 Å². The molecule has 5 unspecified atom stereocenters. The van der Waals surface area contributed by atoms with Crippen molar-refractivity contribution in [3.05, 3.63) is 158 Å². The summed E-state index contributed by atoms with van der Waals surface area (Å²) < 4.78 is 30.7. The second kappa shape index (κ2) is 17.6. The fraction of sp³-hybridized carbons (Fsp3) is 0.392. The van der Waals surface area contributed by atoms with Crippen molar-refractivity contribution in [1.82, 2.24) is 0 Å². The number of benzene rings is 4. The predicted molar refractivity (Wildman–Crippen MR) is 229 cm³/mol. The van der Waals surface area contributed by atoms with Gasteiger partial charge in [0.05, 0.1) is 12.2 Å². The fourth-order valence-electron chi connectivity index (χ4n) is 9.56. The van der Waals surface area contributed by atoms with Crippen LogP contribution in [-0.4, -0.2) is 42.1 Å². The minimum absolute atomic E-state index is 0.0347. The van der Waals surface area contributed by atoms with Gasteiger partial charge in [0, 0.05) is 29.4 Å². The van der Waals surface area contributed by atoms with Gasteiger partial charge in [-0.1, -0.05) is 84.4 Å². The second-order valence-electron chi connectivity index (χ2n) is 17.4. The summed E-state index contributed by atoms with van der Waals surface area (Å²) >= 11 is 0. The lowest BCUT2D eigenvalue weighted by Crippen LogP contribution is -2.52. The number of fused-ring (bicyclic) bond motifs is 11. The maximum absolute atomic E-state index is 14.7. The smallest absolute Gasteiger partial charge is 0.339 e. The Hall–Kier alpha value is -5.51. The molecule has 0 saturated heterocycles. The molecule has 1 aromatic heterocycles. The SMILES string of the molecule is CC(C)=C1CCc2ccc(cc2)C2CCC(c3cccc(Cc4ccccc4)c3)CC2CC(=O)OC2c3c(ccc4cc(CCOCO)c(=O)oc34)OC(C)(C)C2OC1=O. The van der Waals surface area contributed by atoms with Crippen LogP contribution >= 0.6 is 0 Å². The van der Waals surface area contributed by atoms with Crippen LogP contribution < -0.4 is 10.4 Å². The third kappa shape index (κ3) is 8.84. The van der Waals surface area contributed by atoms with Crippen molar-refractivity contribution in [2.24, 2.45) is 5.92 Å². The van der Waals surface area contributed by atoms with E-state index in [1.54, 1.807) is 18.2 Å². The van der Waals surface area contributed by atoms with Crippen LogP contribution in [0.25, 0.3) is 11.0 Å². The number of hydrogen-bond donors (Lipinski definition) is 1. The van der Waals surface area contributed by atoms with Crippen molar-refractivity contribution in [1.29, 1.82) is 0 Å². The molecule has 4 aromatic carbocycles. The first-order chi connectivity index (χ1) is 29.0. The summed E-state index contributed by atoms with van der Waals surface area (Å²) in [6.45, 7) is 7.09. The molecule has 9 nitrogen and oxygen atoms in total. The van der Waals surface area contributed by atoms with Gasteiger partial charge < -0.3 is 28.5 Å². The molecule has 1 fully saturated rings. The Kier molecular flexibility index (Phi) is 12.1. The Balaban J connectivity index is 1.18. The maximum atomic E-state index is 14.7. The highest BCUT2D eigenvalue weighted by Crippen LogP contribution is 2.49. The molecule has 5 aromatic rings. The summed E-state index contributed by atoms with van der Waals surface area (Å²) in [5, 5.41) is 9.70. The van der Waals surface area contributed by atoms with E-state index in [0.717, 1.165) is 36.8 Å². The summed E-state index contributed by atoms with van der Waals surface area (Å²) in [5.41, 5.74) is 6.69. The van der Waals surface area contributed by atoms with Gasteiger partial charge in [-0.2, -0.15) is 0 Å². The predicted octanol–water partition coefficient (Wildman–Crippen LogP) is 9.60. The number of aliphatic hydroxyl groups excluding tert-OH is 1. The Morgan fingerprint density at radius 2 is 1.62 bits per heavy atom. The largest absolute Gasteiger partial charge is 0.483 e. The van der Waals surface area contributed by atoms with E-state index in [1.165, 1.54) is 22.3 Å². The molecule has 60 heavy (non-hydrogen) atoms. The van der Waals surface area contributed by atoms with Gasteiger partial charge in [0.2, 0.25) is 0 Å². The highest BCUT2D eigenvalue weighted by molar-refractivity contribution is 5.90. The molecule has 5 atom stereocenters. The van der Waals surface area contributed by atoms with Crippen molar-refractivity contribution in [2.45, 2.75) is 109 Å². The van der Waals surface area contributed by atoms with Crippen LogP contribution in [0.2, 0.25) is 0 Å². The minimum Gasteiger partial charge on any atom is -0.483 e. The third-order valence-corrected chi connectivity index (χ3v) is 12.7. The number of carbonyl (C=O) groups is 2. The number of esters is 2. The third-order valence-electron chi connectivity index (χ3n) is 12.7. The average molecular weight is 811 g/mol. The molecule has 1 saturated carbocycles. The molecule has 9 rings (SSSR count). The number of ether oxygens (including phenoxy) is 4. The van der Waals surface area contributed by atoms with Gasteiger partial charge in [-0.3, -0.25) is 4.79 Å². The van der Waals surface area contributed by atoms with Crippen LogP contribution in [-0.2, 0) is 43.1 Å². The van der Waals surface area contributed by atoms with Crippen LogP contribution in [0.4, 0.5) is 0 Å².